The van der Waals surface area contributed by atoms with Gasteiger partial charge >= 0.3 is 5.97 Å². The maximum atomic E-state index is 11.1. The average Bonchev–Trinajstić information content (AvgIpc) is 2.15. The lowest BCUT2D eigenvalue weighted by atomic mass is 10.2. The van der Waals surface area contributed by atoms with Gasteiger partial charge in [-0.2, -0.15) is 0 Å². The van der Waals surface area contributed by atoms with Gasteiger partial charge in [-0.1, -0.05) is 6.92 Å². The molecule has 5 N–H and O–H groups in total. The Labute approximate surface area is 82.1 Å². The Kier molecular flexibility index (Phi) is 5.82. The molecular formula is C8H16N2O4. The summed E-state index contributed by atoms with van der Waals surface area (Å²) in [4.78, 5) is 21.2. The minimum atomic E-state index is -1.44. The second-order valence-corrected chi connectivity index (χ2v) is 2.95. The number of hydrogen-bond donors (Lipinski definition) is 4. The first-order valence-corrected chi connectivity index (χ1v) is 4.43. The van der Waals surface area contributed by atoms with E-state index in [1.807, 2.05) is 0 Å². The highest BCUT2D eigenvalue weighted by Crippen LogP contribution is 1.91. The summed E-state index contributed by atoms with van der Waals surface area (Å²) in [7, 11) is 0. The van der Waals surface area contributed by atoms with Crippen molar-refractivity contribution in [3.63, 3.8) is 0 Å². The van der Waals surface area contributed by atoms with E-state index in [0.29, 0.717) is 6.42 Å². The van der Waals surface area contributed by atoms with E-state index in [-0.39, 0.29) is 18.9 Å². The third kappa shape index (κ3) is 4.78. The molecule has 0 radical (unpaired) electrons. The second-order valence-electron chi connectivity index (χ2n) is 2.95. The van der Waals surface area contributed by atoms with Crippen molar-refractivity contribution in [3.8, 4) is 0 Å². The minimum absolute atomic E-state index is 0.0164. The van der Waals surface area contributed by atoms with E-state index in [4.69, 9.17) is 15.9 Å². The topological polar surface area (TPSA) is 113 Å². The third-order valence-corrected chi connectivity index (χ3v) is 1.78. The molecule has 0 rings (SSSR count). The highest BCUT2D eigenvalue weighted by atomic mass is 16.4. The number of carboxylic acids is 1. The van der Waals surface area contributed by atoms with Crippen LogP contribution in [-0.4, -0.2) is 40.8 Å². The van der Waals surface area contributed by atoms with Gasteiger partial charge in [-0.3, -0.25) is 4.79 Å². The molecular weight excluding hydrogens is 188 g/mol. The zero-order valence-electron chi connectivity index (χ0n) is 8.06. The molecule has 0 aliphatic rings. The molecule has 14 heavy (non-hydrogen) atoms. The number of hydrogen-bond acceptors (Lipinski definition) is 4. The van der Waals surface area contributed by atoms with Crippen molar-refractivity contribution < 1.29 is 19.8 Å². The van der Waals surface area contributed by atoms with Crippen LogP contribution in [0, 0.1) is 0 Å². The number of nitrogens with two attached hydrogens (primary N) is 1. The van der Waals surface area contributed by atoms with E-state index < -0.39 is 18.1 Å². The minimum Gasteiger partial charge on any atom is -0.479 e. The molecule has 6 nitrogen and oxygen atoms in total. The van der Waals surface area contributed by atoms with Gasteiger partial charge < -0.3 is 21.3 Å². The van der Waals surface area contributed by atoms with Crippen LogP contribution in [0.4, 0.5) is 0 Å². The van der Waals surface area contributed by atoms with E-state index in [1.54, 1.807) is 6.92 Å². The summed E-state index contributed by atoms with van der Waals surface area (Å²) < 4.78 is 0. The van der Waals surface area contributed by atoms with Crippen molar-refractivity contribution in [1.82, 2.24) is 5.32 Å². The second kappa shape index (κ2) is 6.33. The van der Waals surface area contributed by atoms with Crippen LogP contribution in [0.15, 0.2) is 0 Å². The Morgan fingerprint density at radius 2 is 2.07 bits per heavy atom. The zero-order valence-corrected chi connectivity index (χ0v) is 8.06. The highest BCUT2D eigenvalue weighted by molar-refractivity contribution is 5.81. The molecule has 6 heteroatoms. The lowest BCUT2D eigenvalue weighted by Gasteiger charge is -2.10. The first kappa shape index (κ1) is 12.9. The van der Waals surface area contributed by atoms with Crippen LogP contribution in [0.5, 0.6) is 0 Å². The van der Waals surface area contributed by atoms with Crippen molar-refractivity contribution >= 4 is 11.9 Å². The summed E-state index contributed by atoms with van der Waals surface area (Å²) >= 11 is 0. The Hall–Kier alpha value is -1.14. The molecule has 0 unspecified atom stereocenters. The van der Waals surface area contributed by atoms with Crippen molar-refractivity contribution in [2.75, 3.05) is 6.54 Å². The fourth-order valence-corrected chi connectivity index (χ4v) is 0.772. The van der Waals surface area contributed by atoms with E-state index in [2.05, 4.69) is 5.32 Å². The zero-order chi connectivity index (χ0) is 11.1. The van der Waals surface area contributed by atoms with Crippen LogP contribution in [0.3, 0.4) is 0 Å². The Morgan fingerprint density at radius 1 is 1.50 bits per heavy atom. The number of aliphatic hydroxyl groups excluding tert-OH is 1. The van der Waals surface area contributed by atoms with Crippen molar-refractivity contribution in [2.24, 2.45) is 5.73 Å². The summed E-state index contributed by atoms with van der Waals surface area (Å²) in [6.07, 6.45) is -0.932. The van der Waals surface area contributed by atoms with E-state index in [0.717, 1.165) is 0 Å². The molecule has 0 aromatic rings. The molecule has 0 bridgehead atoms. The lowest BCUT2D eigenvalue weighted by Crippen LogP contribution is -2.41. The SMILES string of the molecule is CC[C@H](N)C(=O)NCC[C@H](O)C(=O)O. The highest BCUT2D eigenvalue weighted by Gasteiger charge is 2.14. The van der Waals surface area contributed by atoms with Gasteiger partial charge in [0.05, 0.1) is 6.04 Å². The maximum Gasteiger partial charge on any atom is 0.332 e. The summed E-state index contributed by atoms with van der Waals surface area (Å²) in [5, 5.41) is 19.6. The molecule has 82 valence electrons. The molecule has 0 aromatic carbocycles. The lowest BCUT2D eigenvalue weighted by molar-refractivity contribution is -0.147. The Balaban J connectivity index is 3.64. The smallest absolute Gasteiger partial charge is 0.332 e. The van der Waals surface area contributed by atoms with E-state index >= 15 is 0 Å². The summed E-state index contributed by atoms with van der Waals surface area (Å²) in [6.45, 7) is 1.89. The van der Waals surface area contributed by atoms with Crippen LogP contribution in [-0.2, 0) is 9.59 Å². The fraction of sp³-hybridized carbons (Fsp3) is 0.750. The summed E-state index contributed by atoms with van der Waals surface area (Å²) in [6, 6.07) is -0.572. The summed E-state index contributed by atoms with van der Waals surface area (Å²) in [5.41, 5.74) is 5.40. The Bertz CT molecular complexity index is 208. The van der Waals surface area contributed by atoms with Crippen LogP contribution >= 0.6 is 0 Å². The van der Waals surface area contributed by atoms with Crippen LogP contribution < -0.4 is 11.1 Å². The molecule has 2 atom stereocenters. The van der Waals surface area contributed by atoms with E-state index in [1.165, 1.54) is 0 Å². The average molecular weight is 204 g/mol. The molecule has 0 fully saturated rings. The molecule has 0 aromatic heterocycles. The number of nitrogens with one attached hydrogen (secondary N) is 1. The van der Waals surface area contributed by atoms with Gasteiger partial charge in [0.25, 0.3) is 0 Å². The Morgan fingerprint density at radius 3 is 2.50 bits per heavy atom. The van der Waals surface area contributed by atoms with Gasteiger partial charge in [0, 0.05) is 13.0 Å². The predicted molar refractivity (Wildman–Crippen MR) is 49.5 cm³/mol. The molecule has 0 saturated carbocycles. The number of aliphatic hydroxyl groups is 1. The van der Waals surface area contributed by atoms with Gasteiger partial charge in [-0.15, -0.1) is 0 Å². The number of carboxylic acid groups (broad SMARTS) is 1. The molecule has 0 aliphatic carbocycles. The van der Waals surface area contributed by atoms with Crippen molar-refractivity contribution in [2.45, 2.75) is 31.9 Å². The number of amides is 1. The normalized spacial score (nSPS) is 14.5. The number of aliphatic carboxylic acids is 1. The van der Waals surface area contributed by atoms with Crippen molar-refractivity contribution in [1.29, 1.82) is 0 Å². The molecule has 0 heterocycles. The molecule has 1 amide bonds. The number of carbonyl (C=O) groups excluding carboxylic acids is 1. The third-order valence-electron chi connectivity index (χ3n) is 1.78. The standard InChI is InChI=1S/C8H16N2O4/c1-2-5(9)7(12)10-4-3-6(11)8(13)14/h5-6,11H,2-4,9H2,1H3,(H,10,12)(H,13,14)/t5-,6-/m0/s1. The maximum absolute atomic E-state index is 11.1. The van der Waals surface area contributed by atoms with Crippen molar-refractivity contribution in [3.05, 3.63) is 0 Å². The predicted octanol–water partition coefficient (Wildman–Crippen LogP) is -1.32. The van der Waals surface area contributed by atoms with Gasteiger partial charge in [-0.05, 0) is 6.42 Å². The fourth-order valence-electron chi connectivity index (χ4n) is 0.772. The number of rotatable bonds is 6. The van der Waals surface area contributed by atoms with Gasteiger partial charge in [-0.25, -0.2) is 4.79 Å². The molecule has 0 saturated heterocycles. The number of carbonyl (C=O) groups is 2. The first-order chi connectivity index (χ1) is 6.49. The van der Waals surface area contributed by atoms with Gasteiger partial charge in [0.1, 0.15) is 0 Å². The van der Waals surface area contributed by atoms with Crippen LogP contribution in [0.25, 0.3) is 0 Å². The molecule has 0 aliphatic heterocycles. The van der Waals surface area contributed by atoms with Gasteiger partial charge in [0.2, 0.25) is 5.91 Å². The monoisotopic (exact) mass is 204 g/mol. The first-order valence-electron chi connectivity index (χ1n) is 4.43. The largest absolute Gasteiger partial charge is 0.479 e. The van der Waals surface area contributed by atoms with Crippen LogP contribution in [0.2, 0.25) is 0 Å². The van der Waals surface area contributed by atoms with Gasteiger partial charge in [0.15, 0.2) is 6.10 Å². The van der Waals surface area contributed by atoms with Crippen LogP contribution in [0.1, 0.15) is 19.8 Å². The summed E-state index contributed by atoms with van der Waals surface area (Å²) in [5.74, 6) is -1.62. The molecule has 0 spiro atoms. The quantitative estimate of drug-likeness (QED) is 0.428. The van der Waals surface area contributed by atoms with E-state index in [9.17, 15) is 9.59 Å².